The minimum atomic E-state index is 0.396. The van der Waals surface area contributed by atoms with Crippen LogP contribution in [-0.4, -0.2) is 43.2 Å². The average Bonchev–Trinajstić information content (AvgIpc) is 2.45. The summed E-state index contributed by atoms with van der Waals surface area (Å²) in [5.74, 6) is 0. The SMILES string of the molecule is CCCCN1CCC(NCC2CCC=CO2)CC1. The van der Waals surface area contributed by atoms with Crippen LogP contribution in [0.25, 0.3) is 0 Å². The molecule has 0 aliphatic carbocycles. The molecule has 2 aliphatic heterocycles. The summed E-state index contributed by atoms with van der Waals surface area (Å²) in [5, 5.41) is 3.68. The molecule has 0 bridgehead atoms. The van der Waals surface area contributed by atoms with Gasteiger partial charge in [-0.2, -0.15) is 0 Å². The smallest absolute Gasteiger partial charge is 0.110 e. The fraction of sp³-hybridized carbons (Fsp3) is 0.867. The van der Waals surface area contributed by atoms with E-state index in [-0.39, 0.29) is 0 Å². The number of nitrogens with one attached hydrogen (secondary N) is 1. The van der Waals surface area contributed by atoms with Gasteiger partial charge in [0.1, 0.15) is 6.10 Å². The van der Waals surface area contributed by atoms with Crippen LogP contribution in [0.4, 0.5) is 0 Å². The largest absolute Gasteiger partial charge is 0.497 e. The molecular weight excluding hydrogens is 224 g/mol. The van der Waals surface area contributed by atoms with Crippen LogP contribution in [-0.2, 0) is 4.74 Å². The Morgan fingerprint density at radius 1 is 1.28 bits per heavy atom. The van der Waals surface area contributed by atoms with Gasteiger partial charge in [0.25, 0.3) is 0 Å². The van der Waals surface area contributed by atoms with Gasteiger partial charge >= 0.3 is 0 Å². The summed E-state index contributed by atoms with van der Waals surface area (Å²) in [5.41, 5.74) is 0. The highest BCUT2D eigenvalue weighted by Crippen LogP contribution is 2.13. The quantitative estimate of drug-likeness (QED) is 0.786. The molecule has 0 radical (unpaired) electrons. The maximum absolute atomic E-state index is 5.59. The summed E-state index contributed by atoms with van der Waals surface area (Å²) in [6.45, 7) is 7.11. The van der Waals surface area contributed by atoms with Gasteiger partial charge < -0.3 is 15.0 Å². The topological polar surface area (TPSA) is 24.5 Å². The second kappa shape index (κ2) is 7.80. The lowest BCUT2D eigenvalue weighted by atomic mass is 10.0. The Morgan fingerprint density at radius 3 is 2.78 bits per heavy atom. The molecule has 3 heteroatoms. The number of unbranched alkanes of at least 4 members (excludes halogenated alkanes) is 1. The van der Waals surface area contributed by atoms with Crippen molar-refractivity contribution in [3.8, 4) is 0 Å². The highest BCUT2D eigenvalue weighted by Gasteiger charge is 2.19. The van der Waals surface area contributed by atoms with E-state index in [4.69, 9.17) is 4.74 Å². The zero-order chi connectivity index (χ0) is 12.6. The minimum absolute atomic E-state index is 0.396. The van der Waals surface area contributed by atoms with E-state index in [9.17, 15) is 0 Å². The highest BCUT2D eigenvalue weighted by atomic mass is 16.5. The second-order valence-corrected chi connectivity index (χ2v) is 5.58. The van der Waals surface area contributed by atoms with Gasteiger partial charge in [-0.15, -0.1) is 0 Å². The Labute approximate surface area is 112 Å². The van der Waals surface area contributed by atoms with Crippen molar-refractivity contribution in [3.05, 3.63) is 12.3 Å². The molecule has 0 saturated carbocycles. The molecule has 1 atom stereocenters. The molecular formula is C15H28N2O. The number of allylic oxidation sites excluding steroid dienone is 1. The lowest BCUT2D eigenvalue weighted by molar-refractivity contribution is 0.112. The molecule has 0 aromatic carbocycles. The van der Waals surface area contributed by atoms with Crippen LogP contribution in [0, 0.1) is 0 Å². The van der Waals surface area contributed by atoms with Crippen molar-refractivity contribution in [1.82, 2.24) is 10.2 Å². The molecule has 0 spiro atoms. The van der Waals surface area contributed by atoms with E-state index >= 15 is 0 Å². The maximum atomic E-state index is 5.59. The lowest BCUT2D eigenvalue weighted by Gasteiger charge is -2.33. The number of likely N-dealkylation sites (tertiary alicyclic amines) is 1. The molecule has 1 N–H and O–H groups in total. The number of ether oxygens (including phenoxy) is 1. The standard InChI is InChI=1S/C15H28N2O/c1-2-3-9-17-10-7-14(8-11-17)16-13-15-6-4-5-12-18-15/h5,12,14-16H,2-4,6-11,13H2,1H3. The van der Waals surface area contributed by atoms with E-state index in [1.165, 1.54) is 58.2 Å². The van der Waals surface area contributed by atoms with Crippen LogP contribution < -0.4 is 5.32 Å². The van der Waals surface area contributed by atoms with Crippen molar-refractivity contribution < 1.29 is 4.74 Å². The number of piperidine rings is 1. The molecule has 0 aromatic rings. The number of hydrogen-bond donors (Lipinski definition) is 1. The van der Waals surface area contributed by atoms with E-state index in [0.717, 1.165) is 6.54 Å². The molecule has 1 saturated heterocycles. The summed E-state index contributed by atoms with van der Waals surface area (Å²) in [4.78, 5) is 2.61. The average molecular weight is 252 g/mol. The van der Waals surface area contributed by atoms with Crippen molar-refractivity contribution in [3.63, 3.8) is 0 Å². The minimum Gasteiger partial charge on any atom is -0.497 e. The normalized spacial score (nSPS) is 26.2. The molecule has 18 heavy (non-hydrogen) atoms. The first-order valence-corrected chi connectivity index (χ1v) is 7.64. The lowest BCUT2D eigenvalue weighted by Crippen LogP contribution is -2.45. The van der Waals surface area contributed by atoms with Crippen LogP contribution in [0.3, 0.4) is 0 Å². The fourth-order valence-corrected chi connectivity index (χ4v) is 2.78. The first-order valence-electron chi connectivity index (χ1n) is 7.64. The zero-order valence-electron chi connectivity index (χ0n) is 11.7. The van der Waals surface area contributed by atoms with E-state index in [1.54, 1.807) is 0 Å². The third-order valence-electron chi connectivity index (χ3n) is 4.07. The van der Waals surface area contributed by atoms with Crippen molar-refractivity contribution in [2.75, 3.05) is 26.2 Å². The summed E-state index contributed by atoms with van der Waals surface area (Å²) in [6, 6.07) is 0.706. The first kappa shape index (κ1) is 13.9. The van der Waals surface area contributed by atoms with Crippen LogP contribution in [0.1, 0.15) is 45.4 Å². The van der Waals surface area contributed by atoms with Gasteiger partial charge in [0.15, 0.2) is 0 Å². The number of nitrogens with zero attached hydrogens (tertiary/aromatic N) is 1. The van der Waals surface area contributed by atoms with Gasteiger partial charge in [0.05, 0.1) is 6.26 Å². The zero-order valence-corrected chi connectivity index (χ0v) is 11.7. The third kappa shape index (κ3) is 4.62. The van der Waals surface area contributed by atoms with E-state index in [1.807, 2.05) is 6.26 Å². The van der Waals surface area contributed by atoms with E-state index in [0.29, 0.717) is 12.1 Å². The van der Waals surface area contributed by atoms with E-state index < -0.39 is 0 Å². The van der Waals surface area contributed by atoms with Gasteiger partial charge in [-0.3, -0.25) is 0 Å². The fourth-order valence-electron chi connectivity index (χ4n) is 2.78. The van der Waals surface area contributed by atoms with Crippen molar-refractivity contribution in [2.24, 2.45) is 0 Å². The predicted octanol–water partition coefficient (Wildman–Crippen LogP) is 2.53. The van der Waals surface area contributed by atoms with Crippen molar-refractivity contribution in [1.29, 1.82) is 0 Å². The number of hydrogen-bond acceptors (Lipinski definition) is 3. The third-order valence-corrected chi connectivity index (χ3v) is 4.07. The molecule has 2 aliphatic rings. The highest BCUT2D eigenvalue weighted by molar-refractivity contribution is 4.84. The van der Waals surface area contributed by atoms with Gasteiger partial charge in [0, 0.05) is 12.6 Å². The molecule has 2 heterocycles. The van der Waals surface area contributed by atoms with Crippen LogP contribution in [0.2, 0.25) is 0 Å². The van der Waals surface area contributed by atoms with Gasteiger partial charge in [-0.1, -0.05) is 13.3 Å². The Balaban J connectivity index is 1.57. The first-order chi connectivity index (χ1) is 8.88. The molecule has 2 rings (SSSR count). The van der Waals surface area contributed by atoms with Gasteiger partial charge in [-0.25, -0.2) is 0 Å². The predicted molar refractivity (Wildman–Crippen MR) is 75.6 cm³/mol. The summed E-state index contributed by atoms with van der Waals surface area (Å²) < 4.78 is 5.59. The van der Waals surface area contributed by atoms with Crippen LogP contribution >= 0.6 is 0 Å². The summed E-state index contributed by atoms with van der Waals surface area (Å²) in [6.07, 6.45) is 12.0. The Kier molecular flexibility index (Phi) is 6.01. The van der Waals surface area contributed by atoms with Crippen LogP contribution in [0.15, 0.2) is 12.3 Å². The maximum Gasteiger partial charge on any atom is 0.110 e. The Morgan fingerprint density at radius 2 is 2.11 bits per heavy atom. The van der Waals surface area contributed by atoms with Crippen molar-refractivity contribution in [2.45, 2.75) is 57.6 Å². The molecule has 0 amide bonds. The summed E-state index contributed by atoms with van der Waals surface area (Å²) in [7, 11) is 0. The number of rotatable bonds is 6. The monoisotopic (exact) mass is 252 g/mol. The molecule has 104 valence electrons. The van der Waals surface area contributed by atoms with E-state index in [2.05, 4.69) is 23.2 Å². The molecule has 0 aromatic heterocycles. The molecule has 3 nitrogen and oxygen atoms in total. The van der Waals surface area contributed by atoms with Gasteiger partial charge in [0.2, 0.25) is 0 Å². The Hall–Kier alpha value is -0.540. The Bertz CT molecular complexity index is 247. The summed E-state index contributed by atoms with van der Waals surface area (Å²) >= 11 is 0. The molecule has 1 fully saturated rings. The van der Waals surface area contributed by atoms with Gasteiger partial charge in [-0.05, 0) is 57.8 Å². The second-order valence-electron chi connectivity index (χ2n) is 5.58. The van der Waals surface area contributed by atoms with Crippen LogP contribution in [0.5, 0.6) is 0 Å². The van der Waals surface area contributed by atoms with Crippen molar-refractivity contribution >= 4 is 0 Å². The molecule has 1 unspecified atom stereocenters.